The minimum absolute atomic E-state index is 0.0473. The molecule has 0 amide bonds. The molecule has 0 heterocycles. The maximum Gasteiger partial charge on any atom is 0.416 e. The van der Waals surface area contributed by atoms with Crippen molar-refractivity contribution in [2.45, 2.75) is 38.7 Å². The molecule has 35 heavy (non-hydrogen) atoms. The van der Waals surface area contributed by atoms with Crippen molar-refractivity contribution in [1.82, 2.24) is 0 Å². The Morgan fingerprint density at radius 3 is 2.09 bits per heavy atom. The summed E-state index contributed by atoms with van der Waals surface area (Å²) < 4.78 is 88.4. The summed E-state index contributed by atoms with van der Waals surface area (Å²) in [6.45, 7) is 3.56. The Labute approximate surface area is 198 Å². The van der Waals surface area contributed by atoms with Crippen LogP contribution in [0.2, 0.25) is 0 Å². The van der Waals surface area contributed by atoms with Gasteiger partial charge in [-0.25, -0.2) is 4.79 Å². The van der Waals surface area contributed by atoms with E-state index in [9.17, 15) is 31.1 Å². The summed E-state index contributed by atoms with van der Waals surface area (Å²) in [6, 6.07) is 7.82. The van der Waals surface area contributed by atoms with E-state index in [1.165, 1.54) is 13.0 Å². The van der Waals surface area contributed by atoms with Gasteiger partial charge in [0.05, 0.1) is 11.1 Å². The highest BCUT2D eigenvalue weighted by atomic mass is 19.4. The van der Waals surface area contributed by atoms with Gasteiger partial charge in [-0.1, -0.05) is 24.0 Å². The molecule has 2 rings (SSSR count). The second kappa shape index (κ2) is 11.8. The zero-order valence-corrected chi connectivity index (χ0v) is 18.8. The van der Waals surface area contributed by atoms with E-state index >= 15 is 0 Å². The van der Waals surface area contributed by atoms with Crippen LogP contribution >= 0.6 is 0 Å². The number of halogens is 6. The van der Waals surface area contributed by atoms with Gasteiger partial charge in [-0.2, -0.15) is 26.3 Å². The number of benzene rings is 2. The minimum atomic E-state index is -4.94. The quantitative estimate of drug-likeness (QED) is 0.350. The normalized spacial score (nSPS) is 13.1. The van der Waals surface area contributed by atoms with Crippen LogP contribution in [0.25, 0.3) is 0 Å². The van der Waals surface area contributed by atoms with Crippen LogP contribution in [0.4, 0.5) is 26.3 Å². The fourth-order valence-corrected chi connectivity index (χ4v) is 2.87. The summed E-state index contributed by atoms with van der Waals surface area (Å²) in [4.78, 5) is 11.2. The van der Waals surface area contributed by atoms with Gasteiger partial charge in [0.2, 0.25) is 0 Å². The third kappa shape index (κ3) is 9.02. The smallest absolute Gasteiger partial charge is 0.416 e. The fourth-order valence-electron chi connectivity index (χ4n) is 2.87. The topological polar surface area (TPSA) is 55.8 Å². The molecule has 0 unspecified atom stereocenters. The molecule has 0 saturated carbocycles. The maximum atomic E-state index is 12.9. The number of carboxylic acids is 1. The molecule has 0 fully saturated rings. The Kier molecular flexibility index (Phi) is 9.37. The van der Waals surface area contributed by atoms with Crippen molar-refractivity contribution in [1.29, 1.82) is 0 Å². The molecule has 0 bridgehead atoms. The standard InChI is InChI=1S/C25H22F6O4/c1-3-34-22(23(32)33)14-17-6-8-21(9-7-17)35-11-10-16(2)4-5-18-12-19(24(26,27)28)15-20(13-18)25(29,30)31/h6-10,12-13,15,22H,3,11,14H2,1-2H3,(H,32,33)/b16-10+/t22-/m0/s1. The molecule has 0 aromatic heterocycles. The van der Waals surface area contributed by atoms with Crippen LogP contribution in [0, 0.1) is 11.8 Å². The van der Waals surface area contributed by atoms with Crippen molar-refractivity contribution in [2.75, 3.05) is 13.2 Å². The summed E-state index contributed by atoms with van der Waals surface area (Å²) in [6.07, 6.45) is -9.13. The molecular formula is C25H22F6O4. The molecule has 2 aromatic rings. The lowest BCUT2D eigenvalue weighted by atomic mass is 10.0. The first-order valence-corrected chi connectivity index (χ1v) is 10.3. The maximum absolute atomic E-state index is 12.9. The summed E-state index contributed by atoms with van der Waals surface area (Å²) in [5.74, 6) is 4.26. The Balaban J connectivity index is 2.05. The largest absolute Gasteiger partial charge is 0.490 e. The Morgan fingerprint density at radius 2 is 1.60 bits per heavy atom. The van der Waals surface area contributed by atoms with E-state index in [0.29, 0.717) is 23.5 Å². The number of carbonyl (C=O) groups is 1. The van der Waals surface area contributed by atoms with Crippen molar-refractivity contribution < 1.29 is 45.7 Å². The van der Waals surface area contributed by atoms with E-state index in [0.717, 1.165) is 5.56 Å². The van der Waals surface area contributed by atoms with E-state index in [4.69, 9.17) is 14.6 Å². The first-order valence-electron chi connectivity index (χ1n) is 10.3. The van der Waals surface area contributed by atoms with E-state index in [1.54, 1.807) is 31.2 Å². The van der Waals surface area contributed by atoms with Crippen molar-refractivity contribution in [3.63, 3.8) is 0 Å². The molecule has 0 saturated heterocycles. The molecule has 0 spiro atoms. The summed E-state index contributed by atoms with van der Waals surface area (Å²) >= 11 is 0. The van der Waals surface area contributed by atoms with Gasteiger partial charge in [0, 0.05) is 18.6 Å². The van der Waals surface area contributed by atoms with E-state index < -0.39 is 41.1 Å². The van der Waals surface area contributed by atoms with Crippen LogP contribution in [0.3, 0.4) is 0 Å². The first kappa shape index (κ1) is 27.8. The van der Waals surface area contributed by atoms with Gasteiger partial charge >= 0.3 is 18.3 Å². The van der Waals surface area contributed by atoms with Gasteiger partial charge in [0.1, 0.15) is 12.4 Å². The van der Waals surface area contributed by atoms with Gasteiger partial charge in [-0.05, 0) is 61.4 Å². The number of hydrogen-bond donors (Lipinski definition) is 1. The highest BCUT2D eigenvalue weighted by molar-refractivity contribution is 5.72. The minimum Gasteiger partial charge on any atom is -0.490 e. The van der Waals surface area contributed by atoms with Gasteiger partial charge in [-0.15, -0.1) is 0 Å². The molecule has 2 aromatic carbocycles. The predicted molar refractivity (Wildman–Crippen MR) is 116 cm³/mol. The van der Waals surface area contributed by atoms with Crippen LogP contribution in [0.5, 0.6) is 5.75 Å². The van der Waals surface area contributed by atoms with Gasteiger partial charge in [-0.3, -0.25) is 0 Å². The van der Waals surface area contributed by atoms with Crippen molar-refractivity contribution in [3.05, 3.63) is 76.4 Å². The molecule has 10 heteroatoms. The summed E-state index contributed by atoms with van der Waals surface area (Å²) in [5.41, 5.74) is -2.16. The number of ether oxygens (including phenoxy) is 2. The predicted octanol–water partition coefficient (Wildman–Crippen LogP) is 6.13. The highest BCUT2D eigenvalue weighted by Crippen LogP contribution is 2.36. The third-order valence-corrected chi connectivity index (χ3v) is 4.62. The van der Waals surface area contributed by atoms with E-state index in [-0.39, 0.29) is 25.7 Å². The van der Waals surface area contributed by atoms with Crippen molar-refractivity contribution in [2.24, 2.45) is 0 Å². The second-order valence-electron chi connectivity index (χ2n) is 7.37. The number of carboxylic acid groups (broad SMARTS) is 1. The molecular weight excluding hydrogens is 478 g/mol. The number of alkyl halides is 6. The molecule has 0 aliphatic heterocycles. The van der Waals surface area contributed by atoms with E-state index in [2.05, 4.69) is 11.8 Å². The zero-order chi connectivity index (χ0) is 26.2. The Hall–Kier alpha value is -3.45. The van der Waals surface area contributed by atoms with Crippen LogP contribution in [0.15, 0.2) is 54.1 Å². The van der Waals surface area contributed by atoms with Crippen LogP contribution in [-0.4, -0.2) is 30.4 Å². The van der Waals surface area contributed by atoms with Crippen LogP contribution in [0.1, 0.15) is 36.1 Å². The number of hydrogen-bond acceptors (Lipinski definition) is 3. The lowest BCUT2D eigenvalue weighted by Gasteiger charge is -2.12. The second-order valence-corrected chi connectivity index (χ2v) is 7.37. The molecule has 4 nitrogen and oxygen atoms in total. The summed E-state index contributed by atoms with van der Waals surface area (Å²) in [7, 11) is 0. The molecule has 1 N–H and O–H groups in total. The van der Waals surface area contributed by atoms with Gasteiger partial charge in [0.15, 0.2) is 6.10 Å². The molecule has 0 radical (unpaired) electrons. The van der Waals surface area contributed by atoms with Gasteiger partial charge in [0.25, 0.3) is 0 Å². The average Bonchev–Trinajstić information content (AvgIpc) is 2.77. The average molecular weight is 500 g/mol. The highest BCUT2D eigenvalue weighted by Gasteiger charge is 2.36. The molecule has 0 aliphatic rings. The molecule has 1 atom stereocenters. The number of rotatable bonds is 8. The monoisotopic (exact) mass is 500 g/mol. The third-order valence-electron chi connectivity index (χ3n) is 4.62. The van der Waals surface area contributed by atoms with Gasteiger partial charge < -0.3 is 14.6 Å². The Bertz CT molecular complexity index is 1070. The fraction of sp³-hybridized carbons (Fsp3) is 0.320. The van der Waals surface area contributed by atoms with E-state index in [1.807, 2.05) is 0 Å². The SMILES string of the molecule is CCO[C@@H](Cc1ccc(OC/C=C(\C)C#Cc2cc(C(F)(F)F)cc(C(F)(F)F)c2)cc1)C(=O)O. The van der Waals surface area contributed by atoms with Crippen molar-refractivity contribution in [3.8, 4) is 17.6 Å². The van der Waals surface area contributed by atoms with Crippen LogP contribution in [-0.2, 0) is 28.3 Å². The zero-order valence-electron chi connectivity index (χ0n) is 18.8. The van der Waals surface area contributed by atoms with Crippen LogP contribution < -0.4 is 4.74 Å². The molecule has 188 valence electrons. The van der Waals surface area contributed by atoms with Crippen molar-refractivity contribution >= 4 is 5.97 Å². The molecule has 0 aliphatic carbocycles. The lowest BCUT2D eigenvalue weighted by molar-refractivity contribution is -0.150. The summed E-state index contributed by atoms with van der Waals surface area (Å²) in [5, 5.41) is 9.14. The lowest BCUT2D eigenvalue weighted by Crippen LogP contribution is -2.26. The Morgan fingerprint density at radius 1 is 1.03 bits per heavy atom. The first-order chi connectivity index (χ1) is 16.3. The number of aliphatic carboxylic acids is 1. The number of allylic oxidation sites excluding steroid dienone is 1.